The molecule has 90 valence electrons. The predicted octanol–water partition coefficient (Wildman–Crippen LogP) is 1.25. The van der Waals surface area contributed by atoms with E-state index < -0.39 is 0 Å². The summed E-state index contributed by atoms with van der Waals surface area (Å²) in [5, 5.41) is 9.17. The lowest BCUT2D eigenvalue weighted by molar-refractivity contribution is 0.0935. The molecule has 1 aromatic heterocycles. The van der Waals surface area contributed by atoms with E-state index in [1.807, 2.05) is 18.7 Å². The molecular weight excluding hydrogens is 224 g/mol. The van der Waals surface area contributed by atoms with Gasteiger partial charge >= 0.3 is 0 Å². The van der Waals surface area contributed by atoms with Gasteiger partial charge in [-0.05, 0) is 24.9 Å². The summed E-state index contributed by atoms with van der Waals surface area (Å²) in [5.41, 5.74) is 6.30. The number of nitrogens with one attached hydrogen (secondary N) is 2. The van der Waals surface area contributed by atoms with Crippen molar-refractivity contribution in [3.05, 3.63) is 11.9 Å². The summed E-state index contributed by atoms with van der Waals surface area (Å²) in [4.78, 5) is 11.7. The molecular formula is C10H18N4OS. The van der Waals surface area contributed by atoms with E-state index >= 15 is 0 Å². The maximum absolute atomic E-state index is 11.7. The van der Waals surface area contributed by atoms with Crippen molar-refractivity contribution in [1.29, 1.82) is 0 Å². The highest BCUT2D eigenvalue weighted by molar-refractivity contribution is 7.99. The second kappa shape index (κ2) is 6.42. The van der Waals surface area contributed by atoms with Crippen LogP contribution in [0.3, 0.4) is 0 Å². The molecule has 1 unspecified atom stereocenters. The number of hydrogen-bond acceptors (Lipinski definition) is 4. The molecule has 1 rings (SSSR count). The van der Waals surface area contributed by atoms with E-state index in [1.165, 1.54) is 6.20 Å². The number of nitrogens with zero attached hydrogens (tertiary/aromatic N) is 1. The van der Waals surface area contributed by atoms with Gasteiger partial charge in [-0.25, -0.2) is 0 Å². The van der Waals surface area contributed by atoms with Crippen LogP contribution in [-0.2, 0) is 0 Å². The van der Waals surface area contributed by atoms with Gasteiger partial charge in [0.25, 0.3) is 5.91 Å². The first-order valence-corrected chi connectivity index (χ1v) is 6.48. The first kappa shape index (κ1) is 12.9. The lowest BCUT2D eigenvalue weighted by atomic mass is 10.2. The van der Waals surface area contributed by atoms with Crippen molar-refractivity contribution in [1.82, 2.24) is 15.5 Å². The molecule has 0 aromatic carbocycles. The minimum absolute atomic E-state index is 0.147. The highest BCUT2D eigenvalue weighted by atomic mass is 32.2. The van der Waals surface area contributed by atoms with Crippen molar-refractivity contribution in [3.63, 3.8) is 0 Å². The topological polar surface area (TPSA) is 83.8 Å². The molecule has 0 saturated heterocycles. The van der Waals surface area contributed by atoms with Crippen LogP contribution in [0.4, 0.5) is 5.69 Å². The van der Waals surface area contributed by atoms with Gasteiger partial charge in [0.2, 0.25) is 0 Å². The average Bonchev–Trinajstić information content (AvgIpc) is 2.65. The highest BCUT2D eigenvalue weighted by Crippen LogP contribution is 2.07. The first-order chi connectivity index (χ1) is 7.65. The van der Waals surface area contributed by atoms with E-state index in [9.17, 15) is 4.79 Å². The number of amides is 1. The Morgan fingerprint density at radius 1 is 1.75 bits per heavy atom. The van der Waals surface area contributed by atoms with Crippen LogP contribution in [0.15, 0.2) is 6.20 Å². The summed E-state index contributed by atoms with van der Waals surface area (Å²) in [6.07, 6.45) is 2.39. The van der Waals surface area contributed by atoms with Crippen LogP contribution < -0.4 is 11.1 Å². The third-order valence-corrected chi connectivity index (χ3v) is 3.11. The molecule has 0 aliphatic carbocycles. The number of carbonyl (C=O) groups is 1. The number of H-pyrrole nitrogens is 1. The summed E-state index contributed by atoms with van der Waals surface area (Å²) in [6.45, 7) is 4.11. The number of rotatable bonds is 6. The van der Waals surface area contributed by atoms with Gasteiger partial charge in [-0.3, -0.25) is 9.89 Å². The van der Waals surface area contributed by atoms with Crippen molar-refractivity contribution in [3.8, 4) is 0 Å². The van der Waals surface area contributed by atoms with Crippen LogP contribution in [0.1, 0.15) is 30.8 Å². The Labute approximate surface area is 99.6 Å². The largest absolute Gasteiger partial charge is 0.396 e. The molecule has 4 N–H and O–H groups in total. The number of thioether (sulfide) groups is 1. The van der Waals surface area contributed by atoms with Crippen molar-refractivity contribution in [2.24, 2.45) is 0 Å². The molecule has 1 amide bonds. The molecule has 0 radical (unpaired) electrons. The Hall–Kier alpha value is -1.17. The van der Waals surface area contributed by atoms with Crippen molar-refractivity contribution in [2.75, 3.05) is 17.2 Å². The van der Waals surface area contributed by atoms with E-state index in [1.54, 1.807) is 0 Å². The van der Waals surface area contributed by atoms with Crippen LogP contribution >= 0.6 is 11.8 Å². The zero-order valence-electron chi connectivity index (χ0n) is 9.62. The zero-order valence-corrected chi connectivity index (χ0v) is 10.4. The van der Waals surface area contributed by atoms with Crippen molar-refractivity contribution in [2.45, 2.75) is 26.3 Å². The fourth-order valence-corrected chi connectivity index (χ4v) is 2.06. The van der Waals surface area contributed by atoms with Crippen LogP contribution in [0.5, 0.6) is 0 Å². The molecule has 1 aromatic rings. The number of hydrogen-bond donors (Lipinski definition) is 3. The summed E-state index contributed by atoms with van der Waals surface area (Å²) in [5.74, 6) is 1.97. The monoisotopic (exact) mass is 242 g/mol. The third-order valence-electron chi connectivity index (χ3n) is 2.17. The second-order valence-electron chi connectivity index (χ2n) is 3.56. The van der Waals surface area contributed by atoms with Gasteiger partial charge in [0.05, 0.1) is 11.9 Å². The quantitative estimate of drug-likeness (QED) is 0.656. The highest BCUT2D eigenvalue weighted by Gasteiger charge is 2.13. The number of nitrogen functional groups attached to an aromatic ring is 1. The molecule has 16 heavy (non-hydrogen) atoms. The Morgan fingerprint density at radius 2 is 2.50 bits per heavy atom. The van der Waals surface area contributed by atoms with E-state index in [0.29, 0.717) is 11.4 Å². The standard InChI is InChI=1S/C10H18N4OS/c1-3-16-5-4-7(2)13-10(15)9-8(11)6-12-14-9/h6-7H,3-5,11H2,1-2H3,(H,12,14)(H,13,15). The lowest BCUT2D eigenvalue weighted by Gasteiger charge is -2.12. The summed E-state index contributed by atoms with van der Waals surface area (Å²) < 4.78 is 0. The predicted molar refractivity (Wildman–Crippen MR) is 67.5 cm³/mol. The van der Waals surface area contributed by atoms with E-state index in [2.05, 4.69) is 22.4 Å². The van der Waals surface area contributed by atoms with Gasteiger partial charge in [-0.2, -0.15) is 16.9 Å². The molecule has 0 spiro atoms. The fourth-order valence-electron chi connectivity index (χ4n) is 1.25. The van der Waals surface area contributed by atoms with Crippen molar-refractivity contribution < 1.29 is 4.79 Å². The lowest BCUT2D eigenvalue weighted by Crippen LogP contribution is -2.33. The van der Waals surface area contributed by atoms with Crippen molar-refractivity contribution >= 4 is 23.4 Å². The van der Waals surface area contributed by atoms with Gasteiger partial charge in [-0.1, -0.05) is 6.92 Å². The van der Waals surface area contributed by atoms with E-state index in [4.69, 9.17) is 5.73 Å². The van der Waals surface area contributed by atoms with Gasteiger partial charge in [0.15, 0.2) is 0 Å². The molecule has 1 atom stereocenters. The third kappa shape index (κ3) is 3.77. The molecule has 0 fully saturated rings. The summed E-state index contributed by atoms with van der Waals surface area (Å²) >= 11 is 1.87. The fraction of sp³-hybridized carbons (Fsp3) is 0.600. The Kier molecular flexibility index (Phi) is 5.18. The second-order valence-corrected chi connectivity index (χ2v) is 4.95. The zero-order chi connectivity index (χ0) is 12.0. The molecule has 0 bridgehead atoms. The molecule has 1 heterocycles. The van der Waals surface area contributed by atoms with Gasteiger partial charge in [-0.15, -0.1) is 0 Å². The van der Waals surface area contributed by atoms with E-state index in [0.717, 1.165) is 17.9 Å². The number of carbonyl (C=O) groups excluding carboxylic acids is 1. The molecule has 0 aliphatic heterocycles. The molecule has 5 nitrogen and oxygen atoms in total. The minimum atomic E-state index is -0.191. The average molecular weight is 242 g/mol. The smallest absolute Gasteiger partial charge is 0.271 e. The van der Waals surface area contributed by atoms with Gasteiger partial charge < -0.3 is 11.1 Å². The molecule has 0 aliphatic rings. The maximum atomic E-state index is 11.7. The maximum Gasteiger partial charge on any atom is 0.271 e. The molecule has 0 saturated carbocycles. The van der Waals surface area contributed by atoms with Gasteiger partial charge in [0, 0.05) is 6.04 Å². The number of aromatic nitrogens is 2. The van der Waals surface area contributed by atoms with Crippen LogP contribution in [0.25, 0.3) is 0 Å². The van der Waals surface area contributed by atoms with Crippen LogP contribution in [0, 0.1) is 0 Å². The Bertz CT molecular complexity index is 339. The summed E-state index contributed by atoms with van der Waals surface area (Å²) in [7, 11) is 0. The Morgan fingerprint density at radius 3 is 3.06 bits per heavy atom. The normalized spacial score (nSPS) is 12.4. The number of aromatic amines is 1. The van der Waals surface area contributed by atoms with E-state index in [-0.39, 0.29) is 11.9 Å². The summed E-state index contributed by atoms with van der Waals surface area (Å²) in [6, 6.07) is 0.147. The number of anilines is 1. The Balaban J connectivity index is 2.37. The van der Waals surface area contributed by atoms with Gasteiger partial charge in [0.1, 0.15) is 5.69 Å². The van der Waals surface area contributed by atoms with Crippen LogP contribution in [0.2, 0.25) is 0 Å². The van der Waals surface area contributed by atoms with Crippen LogP contribution in [-0.4, -0.2) is 33.7 Å². The SMILES string of the molecule is CCSCCC(C)NC(=O)c1[nH]ncc1N. The molecule has 6 heteroatoms. The minimum Gasteiger partial charge on any atom is -0.396 e. The number of nitrogens with two attached hydrogens (primary N) is 1. The first-order valence-electron chi connectivity index (χ1n) is 5.32.